The Morgan fingerprint density at radius 1 is 1.69 bits per heavy atom. The second-order valence-corrected chi connectivity index (χ2v) is 4.13. The van der Waals surface area contributed by atoms with E-state index in [-0.39, 0.29) is 5.56 Å². The number of halogens is 1. The molecule has 0 bridgehead atoms. The molecule has 0 unspecified atom stereocenters. The molecule has 3 nitrogen and oxygen atoms in total. The molecule has 5 heteroatoms. The van der Waals surface area contributed by atoms with Gasteiger partial charge in [-0.05, 0) is 13.2 Å². The van der Waals surface area contributed by atoms with E-state index in [1.54, 1.807) is 10.6 Å². The molecule has 0 aliphatic carbocycles. The lowest BCUT2D eigenvalue weighted by molar-refractivity contribution is 0.625. The molecule has 0 saturated carbocycles. The van der Waals surface area contributed by atoms with Gasteiger partial charge in [-0.25, -0.2) is 4.98 Å². The third kappa shape index (κ3) is 2.57. The van der Waals surface area contributed by atoms with Crippen LogP contribution in [0.25, 0.3) is 0 Å². The minimum Gasteiger partial charge on any atom is -0.287 e. The summed E-state index contributed by atoms with van der Waals surface area (Å²) in [6, 6.07) is 1.56. The van der Waals surface area contributed by atoms with Gasteiger partial charge in [0.05, 0.1) is 0 Å². The lowest BCUT2D eigenvalue weighted by Crippen LogP contribution is -2.23. The second kappa shape index (κ2) is 4.81. The fraction of sp³-hybridized carbons (Fsp3) is 0.500. The second-order valence-electron chi connectivity index (χ2n) is 2.56. The third-order valence-corrected chi connectivity index (χ3v) is 2.62. The summed E-state index contributed by atoms with van der Waals surface area (Å²) in [5.74, 6) is 0. The van der Waals surface area contributed by atoms with E-state index < -0.39 is 0 Å². The minimum absolute atomic E-state index is 0.0244. The fourth-order valence-corrected chi connectivity index (χ4v) is 2.03. The van der Waals surface area contributed by atoms with Crippen LogP contribution in [0.5, 0.6) is 0 Å². The van der Waals surface area contributed by atoms with E-state index in [0.717, 1.165) is 16.2 Å². The van der Waals surface area contributed by atoms with E-state index in [4.69, 9.17) is 0 Å². The van der Waals surface area contributed by atoms with Crippen molar-refractivity contribution in [2.24, 2.45) is 0 Å². The van der Waals surface area contributed by atoms with Crippen LogP contribution in [0.4, 0.5) is 0 Å². The Labute approximate surface area is 89.7 Å². The van der Waals surface area contributed by atoms with Crippen molar-refractivity contribution in [3.05, 3.63) is 22.1 Å². The van der Waals surface area contributed by atoms with Gasteiger partial charge in [-0.2, -0.15) is 0 Å². The van der Waals surface area contributed by atoms with Crippen LogP contribution in [-0.2, 0) is 6.54 Å². The Hall–Kier alpha value is -0.290. The van der Waals surface area contributed by atoms with Crippen molar-refractivity contribution in [3.63, 3.8) is 0 Å². The highest BCUT2D eigenvalue weighted by Gasteiger charge is 2.04. The van der Waals surface area contributed by atoms with Gasteiger partial charge >= 0.3 is 0 Å². The molecule has 0 fully saturated rings. The molecule has 0 aliphatic heterocycles. The van der Waals surface area contributed by atoms with E-state index in [2.05, 4.69) is 20.9 Å². The third-order valence-electron chi connectivity index (χ3n) is 1.59. The quantitative estimate of drug-likeness (QED) is 0.472. The summed E-state index contributed by atoms with van der Waals surface area (Å²) < 4.78 is 1.67. The average molecular weight is 263 g/mol. The predicted molar refractivity (Wildman–Crippen MR) is 58.8 cm³/mol. The van der Waals surface area contributed by atoms with Gasteiger partial charge in [-0.3, -0.25) is 9.36 Å². The zero-order valence-corrected chi connectivity index (χ0v) is 9.98. The molecule has 0 amide bonds. The van der Waals surface area contributed by atoms with Gasteiger partial charge in [0.15, 0.2) is 5.16 Å². The molecule has 0 radical (unpaired) electrons. The normalized spacial score (nSPS) is 10.4. The first-order valence-electron chi connectivity index (χ1n) is 3.87. The molecule has 0 atom stereocenters. The van der Waals surface area contributed by atoms with Crippen LogP contribution in [0, 0.1) is 6.92 Å². The Bertz CT molecular complexity index is 350. The van der Waals surface area contributed by atoms with E-state index in [0.29, 0.717) is 6.54 Å². The van der Waals surface area contributed by atoms with Gasteiger partial charge in [-0.1, -0.05) is 27.7 Å². The summed E-state index contributed by atoms with van der Waals surface area (Å²) in [5, 5.41) is 1.55. The smallest absolute Gasteiger partial charge is 0.254 e. The summed E-state index contributed by atoms with van der Waals surface area (Å²) >= 11 is 4.80. The Morgan fingerprint density at radius 3 is 2.92 bits per heavy atom. The van der Waals surface area contributed by atoms with Crippen molar-refractivity contribution in [1.29, 1.82) is 0 Å². The van der Waals surface area contributed by atoms with Crippen LogP contribution in [-0.4, -0.2) is 21.1 Å². The minimum atomic E-state index is 0.0244. The number of aryl methyl sites for hydroxylation is 1. The van der Waals surface area contributed by atoms with E-state index in [9.17, 15) is 4.79 Å². The average Bonchev–Trinajstić information content (AvgIpc) is 2.09. The first-order valence-corrected chi connectivity index (χ1v) is 6.22. The van der Waals surface area contributed by atoms with E-state index in [1.165, 1.54) is 11.8 Å². The molecule has 1 aromatic rings. The molecule has 0 aliphatic rings. The summed E-state index contributed by atoms with van der Waals surface area (Å²) in [7, 11) is 0. The molecule has 1 heterocycles. The van der Waals surface area contributed by atoms with Crippen LogP contribution < -0.4 is 5.56 Å². The largest absolute Gasteiger partial charge is 0.287 e. The van der Waals surface area contributed by atoms with Gasteiger partial charge in [0, 0.05) is 23.6 Å². The number of rotatable bonds is 3. The van der Waals surface area contributed by atoms with Crippen molar-refractivity contribution < 1.29 is 0 Å². The molecular weight excluding hydrogens is 252 g/mol. The molecule has 1 aromatic heterocycles. The fourth-order valence-electron chi connectivity index (χ4n) is 1.04. The Kier molecular flexibility index (Phi) is 3.99. The van der Waals surface area contributed by atoms with E-state index >= 15 is 0 Å². The maximum atomic E-state index is 11.5. The lowest BCUT2D eigenvalue weighted by Gasteiger charge is -2.08. The maximum absolute atomic E-state index is 11.5. The van der Waals surface area contributed by atoms with Crippen LogP contribution in [0.15, 0.2) is 16.0 Å². The van der Waals surface area contributed by atoms with Crippen molar-refractivity contribution in [2.45, 2.75) is 18.6 Å². The van der Waals surface area contributed by atoms with Crippen LogP contribution in [0.3, 0.4) is 0 Å². The number of hydrogen-bond donors (Lipinski definition) is 0. The molecular formula is C8H11BrN2OS. The first kappa shape index (κ1) is 10.8. The van der Waals surface area contributed by atoms with Crippen molar-refractivity contribution in [3.8, 4) is 0 Å². The van der Waals surface area contributed by atoms with Gasteiger partial charge in [0.25, 0.3) is 5.56 Å². The highest BCUT2D eigenvalue weighted by molar-refractivity contribution is 9.09. The van der Waals surface area contributed by atoms with Crippen molar-refractivity contribution in [2.75, 3.05) is 11.6 Å². The molecule has 0 spiro atoms. The van der Waals surface area contributed by atoms with Crippen molar-refractivity contribution >= 4 is 27.7 Å². The number of thioether (sulfide) groups is 1. The topological polar surface area (TPSA) is 34.9 Å². The molecule has 72 valence electrons. The Morgan fingerprint density at radius 2 is 2.38 bits per heavy atom. The van der Waals surface area contributed by atoms with Crippen molar-refractivity contribution in [1.82, 2.24) is 9.55 Å². The first-order chi connectivity index (χ1) is 6.19. The van der Waals surface area contributed by atoms with Gasteiger partial charge in [-0.15, -0.1) is 0 Å². The van der Waals surface area contributed by atoms with Crippen LogP contribution in [0.2, 0.25) is 0 Å². The summed E-state index contributed by atoms with van der Waals surface area (Å²) in [5.41, 5.74) is 0.802. The predicted octanol–water partition coefficient (Wildman–Crippen LogP) is 1.67. The van der Waals surface area contributed by atoms with Crippen LogP contribution >= 0.6 is 27.7 Å². The van der Waals surface area contributed by atoms with Gasteiger partial charge < -0.3 is 0 Å². The summed E-state index contributed by atoms with van der Waals surface area (Å²) in [6.07, 6.45) is 1.92. The summed E-state index contributed by atoms with van der Waals surface area (Å²) in [4.78, 5) is 15.8. The van der Waals surface area contributed by atoms with E-state index in [1.807, 2.05) is 13.2 Å². The number of aromatic nitrogens is 2. The standard InChI is InChI=1S/C8H11BrN2OS/c1-6-5-7(12)11(4-3-9)8(10-6)13-2/h5H,3-4H2,1-2H3. The molecule has 0 N–H and O–H groups in total. The number of alkyl halides is 1. The molecule has 0 aromatic carbocycles. The van der Waals surface area contributed by atoms with Gasteiger partial charge in [0.1, 0.15) is 0 Å². The highest BCUT2D eigenvalue weighted by atomic mass is 79.9. The number of hydrogen-bond acceptors (Lipinski definition) is 3. The Balaban J connectivity index is 3.22. The highest BCUT2D eigenvalue weighted by Crippen LogP contribution is 2.09. The molecule has 13 heavy (non-hydrogen) atoms. The molecule has 0 saturated heterocycles. The summed E-state index contributed by atoms with van der Waals surface area (Å²) in [6.45, 7) is 2.50. The zero-order chi connectivity index (χ0) is 9.84. The number of nitrogens with zero attached hydrogens (tertiary/aromatic N) is 2. The molecule has 1 rings (SSSR count). The zero-order valence-electron chi connectivity index (χ0n) is 7.58. The monoisotopic (exact) mass is 262 g/mol. The lowest BCUT2D eigenvalue weighted by atomic mass is 10.4. The van der Waals surface area contributed by atoms with Gasteiger partial charge in [0.2, 0.25) is 0 Å². The maximum Gasteiger partial charge on any atom is 0.254 e. The van der Waals surface area contributed by atoms with Crippen LogP contribution in [0.1, 0.15) is 5.69 Å². The SMILES string of the molecule is CSc1nc(C)cc(=O)n1CCBr.